The number of nitrogens with zero attached hydrogens (tertiary/aromatic N) is 3. The van der Waals surface area contributed by atoms with Crippen molar-refractivity contribution in [2.24, 2.45) is 0 Å². The fraction of sp³-hybridized carbons (Fsp3) is 0.400. The lowest BCUT2D eigenvalue weighted by Crippen LogP contribution is -2.42. The van der Waals surface area contributed by atoms with Crippen LogP contribution in [-0.2, 0) is 20.8 Å². The van der Waals surface area contributed by atoms with E-state index in [1.54, 1.807) is 39.0 Å². The molecule has 3 aromatic rings. The number of carbonyl (C=O) groups is 1. The van der Waals surface area contributed by atoms with Gasteiger partial charge in [-0.1, -0.05) is 41.9 Å². The van der Waals surface area contributed by atoms with Gasteiger partial charge in [0.2, 0.25) is 11.9 Å². The average molecular weight is 601 g/mol. The number of nitrogens with two attached hydrogens (primary N) is 1. The highest BCUT2D eigenvalue weighted by Crippen LogP contribution is 2.48. The zero-order valence-electron chi connectivity index (χ0n) is 21.8. The highest BCUT2D eigenvalue weighted by Gasteiger charge is 2.42. The van der Waals surface area contributed by atoms with E-state index in [0.29, 0.717) is 12.8 Å². The summed E-state index contributed by atoms with van der Waals surface area (Å²) < 4.78 is 76.4. The van der Waals surface area contributed by atoms with Crippen LogP contribution < -0.4 is 11.1 Å². The molecular weight excluding hydrogens is 573 g/mol. The minimum Gasteiger partial charge on any atom is -0.444 e. The molecule has 1 saturated heterocycles. The van der Waals surface area contributed by atoms with Crippen LogP contribution in [0.1, 0.15) is 39.2 Å². The van der Waals surface area contributed by atoms with E-state index in [9.17, 15) is 26.4 Å². The van der Waals surface area contributed by atoms with Crippen LogP contribution in [0.25, 0.3) is 11.1 Å². The van der Waals surface area contributed by atoms with Crippen molar-refractivity contribution in [2.75, 3.05) is 23.3 Å². The number of ether oxygens (including phenoxy) is 1. The summed E-state index contributed by atoms with van der Waals surface area (Å²) in [6.45, 7) is 5.26. The van der Waals surface area contributed by atoms with Crippen LogP contribution in [0.2, 0.25) is 5.02 Å². The molecule has 1 fully saturated rings. The third-order valence-electron chi connectivity index (χ3n) is 6.07. The van der Waals surface area contributed by atoms with Gasteiger partial charge in [0.05, 0.1) is 22.0 Å². The second-order valence-corrected chi connectivity index (χ2v) is 12.6. The van der Waals surface area contributed by atoms with Crippen LogP contribution in [0.3, 0.4) is 0 Å². The van der Waals surface area contributed by atoms with Crippen molar-refractivity contribution in [1.82, 2.24) is 20.1 Å². The number of nitrogen functional groups attached to an aromatic ring is 1. The molecule has 216 valence electrons. The van der Waals surface area contributed by atoms with E-state index >= 15 is 0 Å². The number of likely N-dealkylation sites (tertiary alicyclic amines) is 1. The van der Waals surface area contributed by atoms with Crippen LogP contribution in [-0.4, -0.2) is 58.5 Å². The second kappa shape index (κ2) is 10.8. The van der Waals surface area contributed by atoms with Crippen LogP contribution in [0.15, 0.2) is 41.3 Å². The molecule has 1 aliphatic rings. The van der Waals surface area contributed by atoms with Gasteiger partial charge in [-0.05, 0) is 50.8 Å². The summed E-state index contributed by atoms with van der Waals surface area (Å²) in [6.07, 6.45) is -4.91. The van der Waals surface area contributed by atoms with E-state index in [4.69, 9.17) is 22.1 Å². The molecule has 1 aromatic heterocycles. The number of aromatic amines is 1. The Balaban J connectivity index is 1.86. The quantitative estimate of drug-likeness (QED) is 0.330. The van der Waals surface area contributed by atoms with Crippen molar-refractivity contribution in [1.29, 1.82) is 0 Å². The van der Waals surface area contributed by atoms with Gasteiger partial charge in [0, 0.05) is 12.6 Å². The van der Waals surface area contributed by atoms with Crippen LogP contribution >= 0.6 is 11.6 Å². The molecule has 15 heteroatoms. The number of sulfone groups is 1. The largest absolute Gasteiger partial charge is 0.444 e. The van der Waals surface area contributed by atoms with Crippen molar-refractivity contribution in [2.45, 2.75) is 56.3 Å². The molecule has 10 nitrogen and oxygen atoms in total. The average Bonchev–Trinajstić information content (AvgIpc) is 3.45. The summed E-state index contributed by atoms with van der Waals surface area (Å²) in [5, 5.41) is 7.82. The van der Waals surface area contributed by atoms with E-state index in [1.165, 1.54) is 17.0 Å². The first kappa shape index (κ1) is 29.5. The van der Waals surface area contributed by atoms with Gasteiger partial charge in [0.15, 0.2) is 9.84 Å². The number of amides is 1. The van der Waals surface area contributed by atoms with Gasteiger partial charge in [-0.3, -0.25) is 0 Å². The third kappa shape index (κ3) is 6.44. The molecular formula is C25H28ClF3N6O4S. The lowest BCUT2D eigenvalue weighted by Gasteiger charge is -2.29. The summed E-state index contributed by atoms with van der Waals surface area (Å²) >= 11 is 6.36. The third-order valence-corrected chi connectivity index (χ3v) is 8.43. The molecule has 2 aromatic carbocycles. The maximum absolute atomic E-state index is 14.4. The van der Waals surface area contributed by atoms with Crippen molar-refractivity contribution in [3.8, 4) is 11.1 Å². The molecule has 0 spiro atoms. The van der Waals surface area contributed by atoms with Gasteiger partial charge in [-0.15, -0.1) is 5.10 Å². The predicted molar refractivity (Wildman–Crippen MR) is 144 cm³/mol. The Labute approximate surface area is 234 Å². The number of benzene rings is 2. The van der Waals surface area contributed by atoms with Crippen LogP contribution in [0.4, 0.5) is 35.5 Å². The number of alkyl halides is 3. The maximum atomic E-state index is 14.4. The lowest BCUT2D eigenvalue weighted by molar-refractivity contribution is -0.137. The molecule has 0 unspecified atom stereocenters. The molecule has 0 bridgehead atoms. The molecule has 1 amide bonds. The minimum atomic E-state index is -5.00. The number of hydrogen-bond donors (Lipinski definition) is 3. The topological polar surface area (TPSA) is 143 Å². The molecule has 1 aliphatic heterocycles. The van der Waals surface area contributed by atoms with Crippen LogP contribution in [0.5, 0.6) is 0 Å². The Morgan fingerprint density at radius 1 is 1.25 bits per heavy atom. The van der Waals surface area contributed by atoms with Gasteiger partial charge in [-0.25, -0.2) is 18.3 Å². The Bertz CT molecular complexity index is 1510. The van der Waals surface area contributed by atoms with Gasteiger partial charge < -0.3 is 20.7 Å². The van der Waals surface area contributed by atoms with Gasteiger partial charge in [0.25, 0.3) is 0 Å². The number of carbonyl (C=O) groups excluding carboxylic acids is 1. The standard InChI is InChI=1S/C25H28ClF3N6O4S/c1-24(2,3)39-23(36)35-11-7-10-15(35)13-40(37,38)20-17(31-22-32-21(30)33-34-22)12-16(14-8-5-4-6-9-14)18(19(20)26)25(27,28)29/h4-6,8-9,12,15H,7,10-11,13H2,1-3H3,(H4,30,31,32,33,34)/t15-/m0/s1. The van der Waals surface area contributed by atoms with Gasteiger partial charge in [0.1, 0.15) is 10.5 Å². The van der Waals surface area contributed by atoms with E-state index in [2.05, 4.69) is 20.5 Å². The Hall–Kier alpha value is -3.52. The maximum Gasteiger partial charge on any atom is 0.418 e. The molecule has 2 heterocycles. The van der Waals surface area contributed by atoms with Crippen molar-refractivity contribution in [3.05, 3.63) is 47.0 Å². The highest BCUT2D eigenvalue weighted by molar-refractivity contribution is 7.91. The van der Waals surface area contributed by atoms with Crippen molar-refractivity contribution < 1.29 is 31.1 Å². The van der Waals surface area contributed by atoms with E-state index in [0.717, 1.165) is 6.07 Å². The summed E-state index contributed by atoms with van der Waals surface area (Å²) in [5.74, 6) is -0.967. The number of anilines is 3. The molecule has 0 saturated carbocycles. The number of aromatic nitrogens is 3. The van der Waals surface area contributed by atoms with E-state index < -0.39 is 55.0 Å². The molecule has 4 N–H and O–H groups in total. The first-order valence-corrected chi connectivity index (χ1v) is 14.3. The summed E-state index contributed by atoms with van der Waals surface area (Å²) in [5.41, 5.74) is 2.97. The molecule has 1 atom stereocenters. The number of H-pyrrole nitrogens is 1. The van der Waals surface area contributed by atoms with Gasteiger partial charge >= 0.3 is 12.3 Å². The van der Waals surface area contributed by atoms with Crippen molar-refractivity contribution in [3.63, 3.8) is 0 Å². The minimum absolute atomic E-state index is 0.104. The number of hydrogen-bond acceptors (Lipinski definition) is 8. The molecule has 0 radical (unpaired) electrons. The molecule has 40 heavy (non-hydrogen) atoms. The fourth-order valence-electron chi connectivity index (χ4n) is 4.51. The lowest BCUT2D eigenvalue weighted by atomic mass is 9.98. The van der Waals surface area contributed by atoms with E-state index in [1.807, 2.05) is 0 Å². The van der Waals surface area contributed by atoms with Gasteiger partial charge in [-0.2, -0.15) is 18.2 Å². The Morgan fingerprint density at radius 3 is 2.50 bits per heavy atom. The zero-order chi connectivity index (χ0) is 29.5. The number of halogens is 4. The van der Waals surface area contributed by atoms with E-state index in [-0.39, 0.29) is 35.3 Å². The monoisotopic (exact) mass is 600 g/mol. The summed E-state index contributed by atoms with van der Waals surface area (Å²) in [6, 6.07) is 7.81. The molecule has 4 rings (SSSR count). The Morgan fingerprint density at radius 2 is 1.93 bits per heavy atom. The summed E-state index contributed by atoms with van der Waals surface area (Å²) in [7, 11) is -4.55. The smallest absolute Gasteiger partial charge is 0.418 e. The molecule has 0 aliphatic carbocycles. The predicted octanol–water partition coefficient (Wildman–Crippen LogP) is 5.64. The second-order valence-electron chi connectivity index (χ2n) is 10.3. The fourth-order valence-corrected chi connectivity index (χ4v) is 7.01. The normalized spacial score (nSPS) is 16.3. The first-order chi connectivity index (χ1) is 18.6. The van der Waals surface area contributed by atoms with Crippen LogP contribution in [0, 0.1) is 0 Å². The zero-order valence-corrected chi connectivity index (χ0v) is 23.4. The number of rotatable bonds is 6. The SMILES string of the molecule is CC(C)(C)OC(=O)N1CCC[C@H]1CS(=O)(=O)c1c(Nc2n[nH]c(N)n2)cc(-c2ccccc2)c(C(F)(F)F)c1Cl. The Kier molecular flexibility index (Phi) is 7.96. The number of nitrogens with one attached hydrogen (secondary N) is 2. The summed E-state index contributed by atoms with van der Waals surface area (Å²) in [4.78, 5) is 17.1. The first-order valence-electron chi connectivity index (χ1n) is 12.2. The highest BCUT2D eigenvalue weighted by atomic mass is 35.5. The van der Waals surface area contributed by atoms with Crippen molar-refractivity contribution >= 4 is 45.1 Å².